The van der Waals surface area contributed by atoms with Crippen molar-refractivity contribution in [3.8, 4) is 5.75 Å². The molecule has 4 rings (SSSR count). The van der Waals surface area contributed by atoms with Crippen molar-refractivity contribution in [2.75, 3.05) is 7.11 Å². The summed E-state index contributed by atoms with van der Waals surface area (Å²) in [5.41, 5.74) is 3.38. The monoisotopic (exact) mass is 516 g/mol. The molecule has 0 aliphatic rings. The van der Waals surface area contributed by atoms with Gasteiger partial charge in [0.05, 0.1) is 13.7 Å². The number of aliphatic hydroxyl groups is 1. The molecule has 1 atom stereocenters. The maximum absolute atomic E-state index is 12.3. The summed E-state index contributed by atoms with van der Waals surface area (Å²) in [7, 11) is 1.63. The summed E-state index contributed by atoms with van der Waals surface area (Å²) in [4.78, 5) is 23.3. The van der Waals surface area contributed by atoms with Crippen molar-refractivity contribution < 1.29 is 19.4 Å². The summed E-state index contributed by atoms with van der Waals surface area (Å²) in [6.45, 7) is 3.81. The van der Waals surface area contributed by atoms with Gasteiger partial charge in [-0.25, -0.2) is 0 Å². The molecule has 1 N–H and O–H groups in total. The number of aliphatic hydroxyl groups excluding tert-OH is 1. The minimum absolute atomic E-state index is 0.0291. The molecule has 0 saturated heterocycles. The Morgan fingerprint density at radius 3 is 1.76 bits per heavy atom. The van der Waals surface area contributed by atoms with Gasteiger partial charge in [0, 0.05) is 28.5 Å². The van der Waals surface area contributed by atoms with Crippen LogP contribution in [0.5, 0.6) is 5.75 Å². The first-order chi connectivity index (χ1) is 17.9. The molecule has 0 fully saturated rings. The van der Waals surface area contributed by atoms with Crippen LogP contribution < -0.4 is 4.74 Å². The van der Waals surface area contributed by atoms with Crippen LogP contribution in [0.15, 0.2) is 109 Å². The number of hydrogen-bond acceptors (Lipinski definition) is 4. The fraction of sp³-hybridized carbons (Fsp3) is 0.188. The smallest absolute Gasteiger partial charge is 0.170 e. The second-order valence-corrected chi connectivity index (χ2v) is 8.59. The highest BCUT2D eigenvalue weighted by molar-refractivity contribution is 6.30. The van der Waals surface area contributed by atoms with Crippen LogP contribution in [0.2, 0.25) is 5.02 Å². The molecule has 0 radical (unpaired) electrons. The van der Waals surface area contributed by atoms with E-state index in [4.69, 9.17) is 21.4 Å². The summed E-state index contributed by atoms with van der Waals surface area (Å²) >= 11 is 5.61. The lowest BCUT2D eigenvalue weighted by molar-refractivity contribution is 0.0963. The standard InChI is InChI=1S/C16H16O2.C9H10O.C7H7ClO/c1-12(14-9-7-13(11-17)8-10-14)16(18)15-5-3-2-4-6-15;1-2-9(10)8-6-4-3-5-7-8;1-9-7-4-2-6(8)3-5-7/h2-10,12,17H,11H2,1H3;3-7H,2H2,1H3;2-5H,1H3. The third-order valence-electron chi connectivity index (χ3n) is 5.58. The Morgan fingerprint density at radius 2 is 1.30 bits per heavy atom. The number of Topliss-reactive ketones (excluding diaryl/α,β-unsaturated/α-hetero) is 2. The lowest BCUT2D eigenvalue weighted by Gasteiger charge is -2.11. The summed E-state index contributed by atoms with van der Waals surface area (Å²) in [5, 5.41) is 9.72. The van der Waals surface area contributed by atoms with Gasteiger partial charge in [0.25, 0.3) is 0 Å². The number of methoxy groups -OCH3 is 1. The predicted octanol–water partition coefficient (Wildman–Crippen LogP) is 7.79. The zero-order valence-corrected chi connectivity index (χ0v) is 22.2. The highest BCUT2D eigenvalue weighted by atomic mass is 35.5. The topological polar surface area (TPSA) is 63.6 Å². The van der Waals surface area contributed by atoms with Crippen LogP contribution in [0, 0.1) is 0 Å². The molecule has 0 heterocycles. The molecular weight excluding hydrogens is 484 g/mol. The molecule has 1 unspecified atom stereocenters. The van der Waals surface area contributed by atoms with Gasteiger partial charge in [-0.05, 0) is 35.4 Å². The number of carbonyl (C=O) groups excluding carboxylic acids is 2. The van der Waals surface area contributed by atoms with Crippen LogP contribution in [0.1, 0.15) is 58.0 Å². The number of ether oxygens (including phenoxy) is 1. The zero-order chi connectivity index (χ0) is 27.0. The number of benzene rings is 4. The van der Waals surface area contributed by atoms with Crippen molar-refractivity contribution >= 4 is 23.2 Å². The van der Waals surface area contributed by atoms with E-state index in [2.05, 4.69) is 0 Å². The van der Waals surface area contributed by atoms with Crippen LogP contribution in [0.4, 0.5) is 0 Å². The minimum atomic E-state index is -0.167. The zero-order valence-electron chi connectivity index (χ0n) is 21.4. The van der Waals surface area contributed by atoms with Crippen molar-refractivity contribution in [3.63, 3.8) is 0 Å². The van der Waals surface area contributed by atoms with Gasteiger partial charge in [0.2, 0.25) is 0 Å². The summed E-state index contributed by atoms with van der Waals surface area (Å²) in [6, 6.07) is 33.4. The van der Waals surface area contributed by atoms with E-state index in [9.17, 15) is 9.59 Å². The largest absolute Gasteiger partial charge is 0.497 e. The van der Waals surface area contributed by atoms with Gasteiger partial charge in [-0.15, -0.1) is 0 Å². The van der Waals surface area contributed by atoms with Crippen LogP contribution in [-0.4, -0.2) is 23.8 Å². The minimum Gasteiger partial charge on any atom is -0.497 e. The van der Waals surface area contributed by atoms with E-state index in [0.29, 0.717) is 6.42 Å². The van der Waals surface area contributed by atoms with E-state index < -0.39 is 0 Å². The normalized spacial score (nSPS) is 10.6. The summed E-state index contributed by atoms with van der Waals surface area (Å²) in [6.07, 6.45) is 0.587. The van der Waals surface area contributed by atoms with Gasteiger partial charge < -0.3 is 9.84 Å². The van der Waals surface area contributed by atoms with Crippen molar-refractivity contribution in [1.29, 1.82) is 0 Å². The quantitative estimate of drug-likeness (QED) is 0.254. The molecule has 0 amide bonds. The second kappa shape index (κ2) is 16.1. The number of carbonyl (C=O) groups is 2. The van der Waals surface area contributed by atoms with Crippen LogP contribution in [-0.2, 0) is 6.61 Å². The van der Waals surface area contributed by atoms with Crippen LogP contribution in [0.25, 0.3) is 0 Å². The van der Waals surface area contributed by atoms with Crippen LogP contribution in [0.3, 0.4) is 0 Å². The highest BCUT2D eigenvalue weighted by Gasteiger charge is 2.16. The average molecular weight is 517 g/mol. The van der Waals surface area contributed by atoms with E-state index in [-0.39, 0.29) is 24.1 Å². The SMILES string of the molecule is CC(C(=O)c1ccccc1)c1ccc(CO)cc1.CCC(=O)c1ccccc1.COc1ccc(Cl)cc1. The van der Waals surface area contributed by atoms with E-state index >= 15 is 0 Å². The first-order valence-electron chi connectivity index (χ1n) is 12.1. The Morgan fingerprint density at radius 1 is 0.784 bits per heavy atom. The van der Waals surface area contributed by atoms with Gasteiger partial charge in [0.1, 0.15) is 5.75 Å². The predicted molar refractivity (Wildman–Crippen MR) is 151 cm³/mol. The lowest BCUT2D eigenvalue weighted by atomic mass is 9.92. The number of halogens is 1. The fourth-order valence-corrected chi connectivity index (χ4v) is 3.44. The maximum Gasteiger partial charge on any atom is 0.170 e. The van der Waals surface area contributed by atoms with E-state index in [1.807, 2.05) is 111 Å². The molecule has 37 heavy (non-hydrogen) atoms. The van der Waals surface area contributed by atoms with Crippen molar-refractivity contribution in [2.24, 2.45) is 0 Å². The number of ketones is 2. The van der Waals surface area contributed by atoms with E-state index in [0.717, 1.165) is 33.0 Å². The third-order valence-corrected chi connectivity index (χ3v) is 5.83. The molecule has 192 valence electrons. The molecular formula is C32H33ClO4. The van der Waals surface area contributed by atoms with Crippen molar-refractivity contribution in [2.45, 2.75) is 32.8 Å². The van der Waals surface area contributed by atoms with E-state index in [1.165, 1.54) is 0 Å². The highest BCUT2D eigenvalue weighted by Crippen LogP contribution is 2.21. The fourth-order valence-electron chi connectivity index (χ4n) is 3.31. The van der Waals surface area contributed by atoms with Crippen LogP contribution >= 0.6 is 11.6 Å². The van der Waals surface area contributed by atoms with E-state index in [1.54, 1.807) is 19.2 Å². The molecule has 0 spiro atoms. The molecule has 4 aromatic carbocycles. The average Bonchev–Trinajstić information content (AvgIpc) is 2.98. The number of rotatable bonds is 7. The Kier molecular flexibility index (Phi) is 12.8. The Balaban J connectivity index is 0.000000214. The molecule has 4 aromatic rings. The summed E-state index contributed by atoms with van der Waals surface area (Å²) in [5.74, 6) is 0.993. The molecule has 5 heteroatoms. The third kappa shape index (κ3) is 10.0. The Labute approximate surface area is 224 Å². The molecule has 0 aliphatic carbocycles. The van der Waals surface area contributed by atoms with Gasteiger partial charge in [-0.2, -0.15) is 0 Å². The Bertz CT molecular complexity index is 1210. The first-order valence-corrected chi connectivity index (χ1v) is 12.4. The van der Waals surface area contributed by atoms with Gasteiger partial charge in [0.15, 0.2) is 11.6 Å². The van der Waals surface area contributed by atoms with Crippen molar-refractivity contribution in [3.05, 3.63) is 136 Å². The maximum atomic E-state index is 12.3. The molecule has 0 saturated carbocycles. The second-order valence-electron chi connectivity index (χ2n) is 8.15. The molecule has 4 nitrogen and oxygen atoms in total. The van der Waals surface area contributed by atoms with Crippen molar-refractivity contribution in [1.82, 2.24) is 0 Å². The van der Waals surface area contributed by atoms with Gasteiger partial charge in [-0.3, -0.25) is 9.59 Å². The molecule has 0 aliphatic heterocycles. The molecule has 0 aromatic heterocycles. The Hall–Kier alpha value is -3.73. The molecule has 0 bridgehead atoms. The number of hydrogen-bond donors (Lipinski definition) is 1. The summed E-state index contributed by atoms with van der Waals surface area (Å²) < 4.78 is 4.91. The van der Waals surface area contributed by atoms with Gasteiger partial charge >= 0.3 is 0 Å². The lowest BCUT2D eigenvalue weighted by Crippen LogP contribution is -2.09. The van der Waals surface area contributed by atoms with Gasteiger partial charge in [-0.1, -0.05) is 110 Å². The first kappa shape index (κ1) is 29.5.